The van der Waals surface area contributed by atoms with Crippen LogP contribution in [0.1, 0.15) is 29.0 Å². The van der Waals surface area contributed by atoms with E-state index in [1.807, 2.05) is 47.4 Å². The highest BCUT2D eigenvalue weighted by molar-refractivity contribution is 6.30. The summed E-state index contributed by atoms with van der Waals surface area (Å²) in [5.41, 5.74) is 4.31. The van der Waals surface area contributed by atoms with Crippen molar-refractivity contribution in [3.05, 3.63) is 107 Å². The molecule has 0 aromatic heterocycles. The highest BCUT2D eigenvalue weighted by Crippen LogP contribution is 2.45. The summed E-state index contributed by atoms with van der Waals surface area (Å²) >= 11 is 6.05. The lowest BCUT2D eigenvalue weighted by atomic mass is 9.81. The smallest absolute Gasteiger partial charge is 0.228 e. The van der Waals surface area contributed by atoms with Gasteiger partial charge in [0.2, 0.25) is 5.91 Å². The van der Waals surface area contributed by atoms with Crippen LogP contribution in [0.3, 0.4) is 0 Å². The Morgan fingerprint density at radius 2 is 1.77 bits per heavy atom. The predicted molar refractivity (Wildman–Crippen MR) is 126 cm³/mol. The van der Waals surface area contributed by atoms with Gasteiger partial charge in [-0.25, -0.2) is 0 Å². The van der Waals surface area contributed by atoms with E-state index in [0.29, 0.717) is 18.0 Å². The number of anilines is 1. The molecule has 154 valence electrons. The first-order valence-corrected chi connectivity index (χ1v) is 10.7. The highest BCUT2D eigenvalue weighted by Gasteiger charge is 2.33. The van der Waals surface area contributed by atoms with Gasteiger partial charge in [0, 0.05) is 23.0 Å². The minimum Gasteiger partial charge on any atom is -0.497 e. The van der Waals surface area contributed by atoms with E-state index < -0.39 is 0 Å². The van der Waals surface area contributed by atoms with Crippen LogP contribution in [0.4, 0.5) is 5.69 Å². The van der Waals surface area contributed by atoms with Crippen molar-refractivity contribution in [2.75, 3.05) is 12.0 Å². The number of carbonyl (C=O) groups is 1. The molecule has 3 nitrogen and oxygen atoms in total. The molecule has 4 aromatic carbocycles. The minimum atomic E-state index is -0.0230. The second-order valence-electron chi connectivity index (χ2n) is 7.86. The Bertz CT molecular complexity index is 1270. The molecule has 1 aliphatic rings. The van der Waals surface area contributed by atoms with Crippen LogP contribution in [-0.4, -0.2) is 13.0 Å². The molecule has 1 aliphatic heterocycles. The van der Waals surface area contributed by atoms with Crippen molar-refractivity contribution in [1.29, 1.82) is 0 Å². The number of rotatable bonds is 4. The summed E-state index contributed by atoms with van der Waals surface area (Å²) in [6.45, 7) is 0.520. The largest absolute Gasteiger partial charge is 0.497 e. The topological polar surface area (TPSA) is 29.5 Å². The third-order valence-corrected chi connectivity index (χ3v) is 6.27. The predicted octanol–water partition coefficient (Wildman–Crippen LogP) is 6.57. The number of fused-ring (bicyclic) bond motifs is 3. The van der Waals surface area contributed by atoms with Gasteiger partial charge in [0.1, 0.15) is 5.75 Å². The molecular formula is C27H22ClNO2. The zero-order chi connectivity index (χ0) is 21.4. The second-order valence-corrected chi connectivity index (χ2v) is 8.30. The van der Waals surface area contributed by atoms with Gasteiger partial charge in [-0.3, -0.25) is 4.79 Å². The number of carbonyl (C=O) groups excluding carboxylic acids is 1. The number of methoxy groups -OCH3 is 1. The van der Waals surface area contributed by atoms with E-state index in [1.165, 1.54) is 16.3 Å². The van der Waals surface area contributed by atoms with E-state index in [-0.39, 0.29) is 11.8 Å². The molecule has 4 aromatic rings. The highest BCUT2D eigenvalue weighted by atomic mass is 35.5. The first-order chi connectivity index (χ1) is 15.1. The molecule has 1 atom stereocenters. The average molecular weight is 428 g/mol. The van der Waals surface area contributed by atoms with E-state index in [9.17, 15) is 4.79 Å². The molecule has 0 radical (unpaired) electrons. The minimum absolute atomic E-state index is 0.0230. The molecule has 0 spiro atoms. The molecule has 0 aliphatic carbocycles. The fourth-order valence-electron chi connectivity index (χ4n) is 4.50. The van der Waals surface area contributed by atoms with Crippen LogP contribution in [-0.2, 0) is 11.3 Å². The van der Waals surface area contributed by atoms with Crippen molar-refractivity contribution < 1.29 is 9.53 Å². The summed E-state index contributed by atoms with van der Waals surface area (Å²) < 4.78 is 5.45. The van der Waals surface area contributed by atoms with E-state index >= 15 is 0 Å². The first-order valence-electron chi connectivity index (χ1n) is 10.3. The van der Waals surface area contributed by atoms with Gasteiger partial charge in [0.05, 0.1) is 13.7 Å². The fraction of sp³-hybridized carbons (Fsp3) is 0.148. The standard InChI is InChI=1S/C27H22ClNO2/c1-31-22-7-4-6-20(15-22)24-16-26(30)29(17-18-9-12-21(28)13-10-18)25-14-11-19-5-2-3-8-23(19)27(24)25/h2-15,24H,16-17H2,1H3. The van der Waals surface area contributed by atoms with E-state index in [0.717, 1.165) is 22.6 Å². The Balaban J connectivity index is 1.67. The number of amides is 1. The van der Waals surface area contributed by atoms with Gasteiger partial charge in [0.25, 0.3) is 0 Å². The van der Waals surface area contributed by atoms with Crippen molar-refractivity contribution in [1.82, 2.24) is 0 Å². The van der Waals surface area contributed by atoms with Gasteiger partial charge < -0.3 is 9.64 Å². The molecule has 0 fully saturated rings. The van der Waals surface area contributed by atoms with Crippen LogP contribution in [0.5, 0.6) is 5.75 Å². The molecule has 0 bridgehead atoms. The monoisotopic (exact) mass is 427 g/mol. The van der Waals surface area contributed by atoms with Crippen molar-refractivity contribution >= 4 is 34.0 Å². The van der Waals surface area contributed by atoms with E-state index in [1.54, 1.807) is 7.11 Å². The number of ether oxygens (including phenoxy) is 1. The molecule has 1 unspecified atom stereocenters. The molecule has 1 amide bonds. The van der Waals surface area contributed by atoms with Crippen molar-refractivity contribution in [2.24, 2.45) is 0 Å². The molecule has 0 saturated carbocycles. The van der Waals surface area contributed by atoms with Crippen molar-refractivity contribution in [2.45, 2.75) is 18.9 Å². The lowest BCUT2D eigenvalue weighted by Crippen LogP contribution is -2.36. The Morgan fingerprint density at radius 3 is 2.58 bits per heavy atom. The van der Waals surface area contributed by atoms with E-state index in [4.69, 9.17) is 16.3 Å². The lowest BCUT2D eigenvalue weighted by molar-refractivity contribution is -0.119. The van der Waals surface area contributed by atoms with Gasteiger partial charge in [-0.05, 0) is 57.8 Å². The number of hydrogen-bond acceptors (Lipinski definition) is 2. The molecule has 0 N–H and O–H groups in total. The third-order valence-electron chi connectivity index (χ3n) is 6.02. The second kappa shape index (κ2) is 8.09. The van der Waals surface area contributed by atoms with Crippen molar-refractivity contribution in [3.63, 3.8) is 0 Å². The average Bonchev–Trinajstić information content (AvgIpc) is 2.81. The summed E-state index contributed by atoms with van der Waals surface area (Å²) in [6, 6.07) is 28.3. The normalized spacial score (nSPS) is 15.7. The van der Waals surface area contributed by atoms with Gasteiger partial charge in [0.15, 0.2) is 0 Å². The van der Waals surface area contributed by atoms with Gasteiger partial charge in [-0.2, -0.15) is 0 Å². The summed E-state index contributed by atoms with van der Waals surface area (Å²) in [6.07, 6.45) is 0.418. The fourth-order valence-corrected chi connectivity index (χ4v) is 4.62. The molecule has 1 heterocycles. The van der Waals surface area contributed by atoms with Crippen LogP contribution in [0.2, 0.25) is 5.02 Å². The molecule has 5 rings (SSSR count). The molecular weight excluding hydrogens is 406 g/mol. The van der Waals surface area contributed by atoms with Crippen LogP contribution in [0.15, 0.2) is 84.9 Å². The van der Waals surface area contributed by atoms with E-state index in [2.05, 4.69) is 42.5 Å². The Labute approximate surface area is 186 Å². The summed E-state index contributed by atoms with van der Waals surface area (Å²) in [7, 11) is 1.67. The number of nitrogens with zero attached hydrogens (tertiary/aromatic N) is 1. The van der Waals surface area contributed by atoms with Crippen molar-refractivity contribution in [3.8, 4) is 5.75 Å². The van der Waals surface area contributed by atoms with Crippen LogP contribution < -0.4 is 9.64 Å². The molecule has 31 heavy (non-hydrogen) atoms. The van der Waals surface area contributed by atoms with Gasteiger partial charge >= 0.3 is 0 Å². The van der Waals surface area contributed by atoms with Gasteiger partial charge in [-0.1, -0.05) is 66.2 Å². The maximum absolute atomic E-state index is 13.4. The Hall–Kier alpha value is -3.30. The SMILES string of the molecule is COc1cccc(C2CC(=O)N(Cc3ccc(Cl)cc3)c3ccc4ccccc4c32)c1. The van der Waals surface area contributed by atoms with Crippen LogP contribution >= 0.6 is 11.6 Å². The number of hydrogen-bond donors (Lipinski definition) is 0. The quantitative estimate of drug-likeness (QED) is 0.368. The zero-order valence-electron chi connectivity index (χ0n) is 17.2. The first kappa shape index (κ1) is 19.7. The molecule has 0 saturated heterocycles. The lowest BCUT2D eigenvalue weighted by Gasteiger charge is -2.35. The Kier molecular flexibility index (Phi) is 5.13. The Morgan fingerprint density at radius 1 is 0.968 bits per heavy atom. The summed E-state index contributed by atoms with van der Waals surface area (Å²) in [5.74, 6) is 0.894. The van der Waals surface area contributed by atoms with Crippen LogP contribution in [0.25, 0.3) is 10.8 Å². The maximum atomic E-state index is 13.4. The van der Waals surface area contributed by atoms with Gasteiger partial charge in [-0.15, -0.1) is 0 Å². The third kappa shape index (κ3) is 3.66. The van der Waals surface area contributed by atoms with Crippen LogP contribution in [0, 0.1) is 0 Å². The summed E-state index contributed by atoms with van der Waals surface area (Å²) in [5, 5.41) is 3.05. The zero-order valence-corrected chi connectivity index (χ0v) is 18.0. The summed E-state index contributed by atoms with van der Waals surface area (Å²) in [4.78, 5) is 15.3. The maximum Gasteiger partial charge on any atom is 0.228 e. The molecule has 4 heteroatoms. The number of halogens is 1. The number of benzene rings is 4.